The van der Waals surface area contributed by atoms with Crippen molar-refractivity contribution in [3.63, 3.8) is 0 Å². The first-order valence-electron chi connectivity index (χ1n) is 6.69. The molecule has 0 aromatic rings. The fraction of sp³-hybridized carbons (Fsp3) is 0.846. The first kappa shape index (κ1) is 13.1. The number of likely N-dealkylation sites (tertiary alicyclic amines) is 1. The Morgan fingerprint density at radius 3 is 2.44 bits per heavy atom. The summed E-state index contributed by atoms with van der Waals surface area (Å²) in [6, 6.07) is 2.86. The van der Waals surface area contributed by atoms with Gasteiger partial charge in [-0.25, -0.2) is 0 Å². The van der Waals surface area contributed by atoms with Gasteiger partial charge < -0.3 is 9.80 Å². The lowest BCUT2D eigenvalue weighted by atomic mass is 9.88. The monoisotopic (exact) mass is 247 g/mol. The average Bonchev–Trinajstić information content (AvgIpc) is 2.40. The van der Waals surface area contributed by atoms with Crippen molar-refractivity contribution in [1.29, 1.82) is 10.5 Å². The molecule has 0 radical (unpaired) electrons. The van der Waals surface area contributed by atoms with E-state index < -0.39 is 0 Å². The normalized spacial score (nSPS) is 30.7. The SMILES string of the molecule is CN1CCC(N2CCN(C#N)CC2)C(CC#N)C1. The maximum Gasteiger partial charge on any atom is 0.179 e. The molecule has 2 aliphatic heterocycles. The molecule has 2 aliphatic rings. The second-order valence-corrected chi connectivity index (χ2v) is 5.36. The maximum atomic E-state index is 8.96. The Bertz CT molecular complexity index is 347. The molecule has 2 atom stereocenters. The van der Waals surface area contributed by atoms with E-state index in [-0.39, 0.29) is 0 Å². The van der Waals surface area contributed by atoms with E-state index in [1.165, 1.54) is 0 Å². The highest BCUT2D eigenvalue weighted by atomic mass is 15.3. The van der Waals surface area contributed by atoms with Gasteiger partial charge in [-0.1, -0.05) is 0 Å². The fourth-order valence-corrected chi connectivity index (χ4v) is 3.15. The maximum absolute atomic E-state index is 8.96. The highest BCUT2D eigenvalue weighted by Gasteiger charge is 2.33. The van der Waals surface area contributed by atoms with Crippen LogP contribution in [0.1, 0.15) is 12.8 Å². The molecular weight excluding hydrogens is 226 g/mol. The van der Waals surface area contributed by atoms with Gasteiger partial charge in [0.1, 0.15) is 0 Å². The van der Waals surface area contributed by atoms with Crippen LogP contribution in [0.15, 0.2) is 0 Å². The van der Waals surface area contributed by atoms with E-state index in [1.54, 1.807) is 0 Å². The van der Waals surface area contributed by atoms with E-state index in [1.807, 2.05) is 4.90 Å². The molecule has 2 heterocycles. The number of nitrogens with zero attached hydrogens (tertiary/aromatic N) is 5. The van der Waals surface area contributed by atoms with E-state index in [9.17, 15) is 0 Å². The summed E-state index contributed by atoms with van der Waals surface area (Å²) < 4.78 is 0. The standard InChI is InChI=1S/C13H21N5/c1-16-5-3-13(12(10-16)2-4-14)18-8-6-17(11-15)7-9-18/h12-13H,2-3,5-10H2,1H3. The molecule has 5 nitrogen and oxygen atoms in total. The molecule has 2 rings (SSSR count). The van der Waals surface area contributed by atoms with Gasteiger partial charge in [0, 0.05) is 51.1 Å². The van der Waals surface area contributed by atoms with E-state index in [2.05, 4.69) is 29.1 Å². The molecule has 0 amide bonds. The Morgan fingerprint density at radius 2 is 1.83 bits per heavy atom. The minimum Gasteiger partial charge on any atom is -0.308 e. The van der Waals surface area contributed by atoms with Crippen molar-refractivity contribution in [2.45, 2.75) is 18.9 Å². The summed E-state index contributed by atoms with van der Waals surface area (Å²) in [7, 11) is 2.13. The Morgan fingerprint density at radius 1 is 1.11 bits per heavy atom. The molecule has 2 unspecified atom stereocenters. The quantitative estimate of drug-likeness (QED) is 0.658. The van der Waals surface area contributed by atoms with Crippen molar-refractivity contribution in [1.82, 2.24) is 14.7 Å². The zero-order valence-corrected chi connectivity index (χ0v) is 11.0. The van der Waals surface area contributed by atoms with E-state index in [4.69, 9.17) is 10.5 Å². The van der Waals surface area contributed by atoms with Crippen molar-refractivity contribution < 1.29 is 0 Å². The molecule has 2 fully saturated rings. The van der Waals surface area contributed by atoms with Gasteiger partial charge in [0.05, 0.1) is 6.07 Å². The topological polar surface area (TPSA) is 57.3 Å². The van der Waals surface area contributed by atoms with E-state index in [0.717, 1.165) is 45.7 Å². The molecule has 0 aliphatic carbocycles. The smallest absolute Gasteiger partial charge is 0.179 e. The molecule has 5 heteroatoms. The first-order valence-corrected chi connectivity index (χ1v) is 6.69. The lowest BCUT2D eigenvalue weighted by Crippen LogP contribution is -2.55. The molecule has 0 aromatic carbocycles. The second kappa shape index (κ2) is 6.04. The van der Waals surface area contributed by atoms with Crippen LogP contribution in [0, 0.1) is 28.7 Å². The van der Waals surface area contributed by atoms with Gasteiger partial charge in [-0.05, 0) is 20.0 Å². The number of piperazine rings is 1. The predicted molar refractivity (Wildman–Crippen MR) is 68.4 cm³/mol. The van der Waals surface area contributed by atoms with Gasteiger partial charge in [0.2, 0.25) is 0 Å². The molecule has 0 saturated carbocycles. The molecule has 0 aromatic heterocycles. The van der Waals surface area contributed by atoms with Gasteiger partial charge >= 0.3 is 0 Å². The van der Waals surface area contributed by atoms with Crippen LogP contribution >= 0.6 is 0 Å². The van der Waals surface area contributed by atoms with Crippen LogP contribution in [0.2, 0.25) is 0 Å². The van der Waals surface area contributed by atoms with Crippen molar-refractivity contribution >= 4 is 0 Å². The third-order valence-electron chi connectivity index (χ3n) is 4.18. The van der Waals surface area contributed by atoms with E-state index in [0.29, 0.717) is 18.4 Å². The summed E-state index contributed by atoms with van der Waals surface area (Å²) in [4.78, 5) is 6.64. The summed E-state index contributed by atoms with van der Waals surface area (Å²) >= 11 is 0. The van der Waals surface area contributed by atoms with Gasteiger partial charge in [-0.15, -0.1) is 0 Å². The summed E-state index contributed by atoms with van der Waals surface area (Å²) in [5.41, 5.74) is 0. The first-order chi connectivity index (χ1) is 8.74. The lowest BCUT2D eigenvalue weighted by molar-refractivity contribution is 0.0431. The minimum absolute atomic E-state index is 0.461. The van der Waals surface area contributed by atoms with Crippen LogP contribution in [0.25, 0.3) is 0 Å². The number of hydrogen-bond donors (Lipinski definition) is 0. The Balaban J connectivity index is 1.94. The molecule has 2 saturated heterocycles. The zero-order valence-electron chi connectivity index (χ0n) is 11.0. The van der Waals surface area contributed by atoms with E-state index >= 15 is 0 Å². The molecule has 98 valence electrons. The van der Waals surface area contributed by atoms with Crippen LogP contribution in [0.4, 0.5) is 0 Å². The number of piperidine rings is 1. The number of nitriles is 2. The Labute approximate surface area is 109 Å². The number of rotatable bonds is 2. The summed E-state index contributed by atoms with van der Waals surface area (Å²) in [6.45, 7) is 5.74. The predicted octanol–water partition coefficient (Wildman–Crippen LogP) is 0.319. The summed E-state index contributed by atoms with van der Waals surface area (Å²) in [6.07, 6.45) is 4.01. The highest BCUT2D eigenvalue weighted by Crippen LogP contribution is 2.25. The lowest BCUT2D eigenvalue weighted by Gasteiger charge is -2.44. The largest absolute Gasteiger partial charge is 0.308 e. The van der Waals surface area contributed by atoms with Crippen LogP contribution in [0.5, 0.6) is 0 Å². The second-order valence-electron chi connectivity index (χ2n) is 5.36. The molecule has 0 spiro atoms. The van der Waals surface area contributed by atoms with Crippen molar-refractivity contribution in [3.8, 4) is 12.3 Å². The van der Waals surface area contributed by atoms with Crippen molar-refractivity contribution in [2.24, 2.45) is 5.92 Å². The van der Waals surface area contributed by atoms with Crippen molar-refractivity contribution in [3.05, 3.63) is 0 Å². The van der Waals surface area contributed by atoms with Crippen LogP contribution in [0.3, 0.4) is 0 Å². The molecule has 0 bridgehead atoms. The molecular formula is C13H21N5. The number of hydrogen-bond acceptors (Lipinski definition) is 5. The molecule has 0 N–H and O–H groups in total. The third-order valence-corrected chi connectivity index (χ3v) is 4.18. The van der Waals surface area contributed by atoms with Crippen LogP contribution in [-0.4, -0.2) is 67.1 Å². The summed E-state index contributed by atoms with van der Waals surface area (Å²) in [5.74, 6) is 0.461. The van der Waals surface area contributed by atoms with Gasteiger partial charge in [0.25, 0.3) is 0 Å². The minimum atomic E-state index is 0.461. The zero-order chi connectivity index (χ0) is 13.0. The fourth-order valence-electron chi connectivity index (χ4n) is 3.15. The van der Waals surface area contributed by atoms with Crippen molar-refractivity contribution in [2.75, 3.05) is 46.3 Å². The van der Waals surface area contributed by atoms with Gasteiger partial charge in [-0.2, -0.15) is 10.5 Å². The third kappa shape index (κ3) is 2.93. The average molecular weight is 247 g/mol. The van der Waals surface area contributed by atoms with Crippen LogP contribution < -0.4 is 0 Å². The highest BCUT2D eigenvalue weighted by molar-refractivity contribution is 4.93. The van der Waals surface area contributed by atoms with Gasteiger partial charge in [-0.3, -0.25) is 4.90 Å². The van der Waals surface area contributed by atoms with Gasteiger partial charge in [0.15, 0.2) is 6.19 Å². The Hall–Kier alpha value is -1.30. The van der Waals surface area contributed by atoms with Crippen LogP contribution in [-0.2, 0) is 0 Å². The summed E-state index contributed by atoms with van der Waals surface area (Å²) in [5, 5.41) is 17.8. The Kier molecular flexibility index (Phi) is 4.41. The molecule has 18 heavy (non-hydrogen) atoms.